The molecule has 4 nitrogen and oxygen atoms in total. The second-order valence-electron chi connectivity index (χ2n) is 9.83. The summed E-state index contributed by atoms with van der Waals surface area (Å²) in [7, 11) is 0. The van der Waals surface area contributed by atoms with E-state index in [-0.39, 0.29) is 0 Å². The lowest BCUT2D eigenvalue weighted by molar-refractivity contribution is -0.133. The molecule has 0 N–H and O–H groups in total. The van der Waals surface area contributed by atoms with Crippen LogP contribution in [0.3, 0.4) is 0 Å². The van der Waals surface area contributed by atoms with Crippen molar-refractivity contribution < 1.29 is 4.79 Å². The molecule has 4 rings (SSSR count). The minimum Gasteiger partial charge on any atom is -0.343 e. The molecule has 1 amide bonds. The van der Waals surface area contributed by atoms with Crippen LogP contribution >= 0.6 is 11.6 Å². The summed E-state index contributed by atoms with van der Waals surface area (Å²) in [6, 6.07) is 8.90. The highest BCUT2D eigenvalue weighted by atomic mass is 35.5. The van der Waals surface area contributed by atoms with Crippen molar-refractivity contribution in [1.29, 1.82) is 0 Å². The van der Waals surface area contributed by atoms with E-state index in [1.165, 1.54) is 50.8 Å². The van der Waals surface area contributed by atoms with Crippen LogP contribution in [0.25, 0.3) is 0 Å². The van der Waals surface area contributed by atoms with E-state index in [2.05, 4.69) is 33.8 Å². The van der Waals surface area contributed by atoms with Crippen molar-refractivity contribution in [1.82, 2.24) is 14.7 Å². The van der Waals surface area contributed by atoms with Crippen LogP contribution < -0.4 is 0 Å². The zero-order valence-electron chi connectivity index (χ0n) is 18.6. The summed E-state index contributed by atoms with van der Waals surface area (Å²) in [6.45, 7) is 9.91. The molecule has 3 aliphatic heterocycles. The molecule has 30 heavy (non-hydrogen) atoms. The lowest BCUT2D eigenvalue weighted by Gasteiger charge is -2.43. The average molecular weight is 432 g/mol. The molecule has 3 saturated heterocycles. The number of likely N-dealkylation sites (tertiary alicyclic amines) is 3. The van der Waals surface area contributed by atoms with Crippen LogP contribution in [0.4, 0.5) is 0 Å². The summed E-state index contributed by atoms with van der Waals surface area (Å²) in [5.74, 6) is 1.74. The van der Waals surface area contributed by atoms with E-state index < -0.39 is 0 Å². The Morgan fingerprint density at radius 2 is 1.83 bits per heavy atom. The molecule has 0 spiro atoms. The molecule has 1 aromatic carbocycles. The summed E-state index contributed by atoms with van der Waals surface area (Å²) in [5.41, 5.74) is 1.29. The Balaban J connectivity index is 1.36. The van der Waals surface area contributed by atoms with E-state index in [4.69, 9.17) is 11.6 Å². The van der Waals surface area contributed by atoms with Gasteiger partial charge in [0.25, 0.3) is 0 Å². The lowest BCUT2D eigenvalue weighted by Crippen LogP contribution is -2.50. The van der Waals surface area contributed by atoms with E-state index in [1.54, 1.807) is 0 Å². The zero-order chi connectivity index (χ0) is 20.9. The summed E-state index contributed by atoms with van der Waals surface area (Å²) in [6.07, 6.45) is 7.96. The first-order valence-corrected chi connectivity index (χ1v) is 12.4. The van der Waals surface area contributed by atoms with Crippen molar-refractivity contribution in [2.45, 2.75) is 64.5 Å². The number of carbonyl (C=O) groups excluding carboxylic acids is 1. The van der Waals surface area contributed by atoms with E-state index >= 15 is 0 Å². The number of nitrogens with zero attached hydrogens (tertiary/aromatic N) is 3. The maximum Gasteiger partial charge on any atom is 0.222 e. The minimum absolute atomic E-state index is 0.383. The van der Waals surface area contributed by atoms with Gasteiger partial charge in [0, 0.05) is 43.7 Å². The third kappa shape index (κ3) is 5.77. The molecule has 0 aliphatic carbocycles. The fourth-order valence-corrected chi connectivity index (χ4v) is 5.91. The number of amides is 1. The molecular weight excluding hydrogens is 394 g/mol. The Labute approximate surface area is 187 Å². The van der Waals surface area contributed by atoms with Gasteiger partial charge in [-0.25, -0.2) is 0 Å². The van der Waals surface area contributed by atoms with Gasteiger partial charge in [0.15, 0.2) is 0 Å². The zero-order valence-corrected chi connectivity index (χ0v) is 19.3. The van der Waals surface area contributed by atoms with Crippen molar-refractivity contribution in [2.24, 2.45) is 11.8 Å². The predicted octanol–water partition coefficient (Wildman–Crippen LogP) is 4.67. The topological polar surface area (TPSA) is 26.8 Å². The van der Waals surface area contributed by atoms with E-state index in [9.17, 15) is 4.79 Å². The van der Waals surface area contributed by atoms with Crippen LogP contribution in [0.2, 0.25) is 5.02 Å². The number of rotatable bonds is 6. The van der Waals surface area contributed by atoms with Gasteiger partial charge in [0.2, 0.25) is 5.91 Å². The molecule has 0 saturated carbocycles. The smallest absolute Gasteiger partial charge is 0.222 e. The van der Waals surface area contributed by atoms with E-state index in [1.807, 2.05) is 12.1 Å². The Bertz CT molecular complexity index is 697. The number of benzene rings is 1. The summed E-state index contributed by atoms with van der Waals surface area (Å²) in [5, 5.41) is 0.817. The largest absolute Gasteiger partial charge is 0.343 e. The molecule has 0 unspecified atom stereocenters. The molecule has 1 aromatic rings. The maximum absolute atomic E-state index is 12.9. The monoisotopic (exact) mass is 431 g/mol. The third-order valence-electron chi connectivity index (χ3n) is 7.55. The van der Waals surface area contributed by atoms with Gasteiger partial charge in [0.05, 0.1) is 0 Å². The quantitative estimate of drug-likeness (QED) is 0.655. The highest BCUT2D eigenvalue weighted by Crippen LogP contribution is 2.30. The minimum atomic E-state index is 0.383. The highest BCUT2D eigenvalue weighted by Gasteiger charge is 2.35. The van der Waals surface area contributed by atoms with Crippen LogP contribution in [0.1, 0.15) is 57.4 Å². The molecule has 0 bridgehead atoms. The molecule has 3 fully saturated rings. The molecule has 3 heterocycles. The maximum atomic E-state index is 12.9. The van der Waals surface area contributed by atoms with E-state index in [0.29, 0.717) is 24.3 Å². The summed E-state index contributed by atoms with van der Waals surface area (Å²) < 4.78 is 0. The first-order chi connectivity index (χ1) is 14.6. The molecule has 3 aliphatic rings. The van der Waals surface area contributed by atoms with Crippen LogP contribution in [0.5, 0.6) is 0 Å². The number of hydrogen-bond donors (Lipinski definition) is 0. The van der Waals surface area contributed by atoms with Crippen molar-refractivity contribution >= 4 is 17.5 Å². The van der Waals surface area contributed by atoms with E-state index in [0.717, 1.165) is 50.1 Å². The number of carbonyl (C=O) groups is 1. The van der Waals surface area contributed by atoms with Crippen LogP contribution in [-0.2, 0) is 11.3 Å². The van der Waals surface area contributed by atoms with Crippen molar-refractivity contribution in [3.05, 3.63) is 34.9 Å². The first kappa shape index (κ1) is 22.1. The number of piperidine rings is 2. The van der Waals surface area contributed by atoms with Gasteiger partial charge in [-0.05, 0) is 87.7 Å². The molecule has 0 radical (unpaired) electrons. The van der Waals surface area contributed by atoms with Crippen LogP contribution in [0, 0.1) is 11.8 Å². The first-order valence-electron chi connectivity index (χ1n) is 12.1. The standard InChI is InChI=1S/C25H38ClN3O/c1-20-9-15-29(16-10-20)25(30)8-7-22-19-27(18-21-5-4-6-23(26)17-21)14-11-24(22)28-12-2-3-13-28/h4-6,17,20,22,24H,2-3,7-16,18-19H2,1H3/t22-,24+/m0/s1. The summed E-state index contributed by atoms with van der Waals surface area (Å²) >= 11 is 6.20. The summed E-state index contributed by atoms with van der Waals surface area (Å²) in [4.78, 5) is 20.3. The molecular formula is C25H38ClN3O. The van der Waals surface area contributed by atoms with Crippen molar-refractivity contribution in [3.8, 4) is 0 Å². The predicted molar refractivity (Wildman–Crippen MR) is 124 cm³/mol. The van der Waals surface area contributed by atoms with Crippen molar-refractivity contribution in [3.63, 3.8) is 0 Å². The number of hydrogen-bond acceptors (Lipinski definition) is 3. The van der Waals surface area contributed by atoms with Gasteiger partial charge in [-0.2, -0.15) is 0 Å². The SMILES string of the molecule is CC1CCN(C(=O)CC[C@H]2CN(Cc3cccc(Cl)c3)CC[C@H]2N2CCCC2)CC1. The second-order valence-corrected chi connectivity index (χ2v) is 10.3. The normalized spacial score (nSPS) is 26.9. The molecule has 166 valence electrons. The van der Waals surface area contributed by atoms with Gasteiger partial charge in [-0.1, -0.05) is 30.7 Å². The molecule has 2 atom stereocenters. The van der Waals surface area contributed by atoms with Crippen LogP contribution in [-0.4, -0.2) is 65.9 Å². The Morgan fingerprint density at radius 3 is 2.57 bits per heavy atom. The van der Waals surface area contributed by atoms with Gasteiger partial charge < -0.3 is 9.80 Å². The molecule has 5 heteroatoms. The van der Waals surface area contributed by atoms with Gasteiger partial charge >= 0.3 is 0 Å². The van der Waals surface area contributed by atoms with Crippen LogP contribution in [0.15, 0.2) is 24.3 Å². The number of halogens is 1. The van der Waals surface area contributed by atoms with Crippen molar-refractivity contribution in [2.75, 3.05) is 39.3 Å². The molecule has 0 aromatic heterocycles. The van der Waals surface area contributed by atoms with Gasteiger partial charge in [-0.15, -0.1) is 0 Å². The Hall–Kier alpha value is -1.10. The third-order valence-corrected chi connectivity index (χ3v) is 7.78. The fraction of sp³-hybridized carbons (Fsp3) is 0.720. The van der Waals surface area contributed by atoms with Gasteiger partial charge in [0.1, 0.15) is 0 Å². The Morgan fingerprint density at radius 1 is 1.07 bits per heavy atom. The second kappa shape index (κ2) is 10.5. The average Bonchev–Trinajstić information content (AvgIpc) is 3.27. The highest BCUT2D eigenvalue weighted by molar-refractivity contribution is 6.30. The van der Waals surface area contributed by atoms with Gasteiger partial charge in [-0.3, -0.25) is 9.69 Å². The lowest BCUT2D eigenvalue weighted by atomic mass is 9.86. The fourth-order valence-electron chi connectivity index (χ4n) is 5.69. The Kier molecular flexibility index (Phi) is 7.72.